The maximum Gasteiger partial charge on any atom is 0.255 e. The van der Waals surface area contributed by atoms with Gasteiger partial charge in [0.25, 0.3) is 5.91 Å². The molecule has 1 heterocycles. The van der Waals surface area contributed by atoms with E-state index in [1.54, 1.807) is 7.11 Å². The van der Waals surface area contributed by atoms with Crippen LogP contribution in [0.4, 0.5) is 11.4 Å². The zero-order valence-electron chi connectivity index (χ0n) is 12.0. The summed E-state index contributed by atoms with van der Waals surface area (Å²) >= 11 is 0. The summed E-state index contributed by atoms with van der Waals surface area (Å²) in [5.74, 6) is -0.0962. The number of amides is 1. The molecule has 0 saturated carbocycles. The zero-order chi connectivity index (χ0) is 14.7. The molecule has 3 rings (SSSR count). The van der Waals surface area contributed by atoms with Crippen molar-refractivity contribution in [2.45, 2.75) is 13.0 Å². The van der Waals surface area contributed by atoms with Crippen LogP contribution in [0.5, 0.6) is 0 Å². The Morgan fingerprint density at radius 1 is 1.29 bits per heavy atom. The molecule has 0 radical (unpaired) electrons. The van der Waals surface area contributed by atoms with E-state index >= 15 is 0 Å². The molecule has 4 heteroatoms. The Kier molecular flexibility index (Phi) is 3.88. The highest BCUT2D eigenvalue weighted by Crippen LogP contribution is 2.23. The normalized spacial score (nSPS) is 12.6. The molecule has 0 spiro atoms. The van der Waals surface area contributed by atoms with Crippen LogP contribution in [-0.2, 0) is 17.8 Å². The maximum atomic E-state index is 12.3. The summed E-state index contributed by atoms with van der Waals surface area (Å²) in [7, 11) is 1.66. The van der Waals surface area contributed by atoms with Crippen LogP contribution in [0.1, 0.15) is 21.5 Å². The molecular formula is C17H18N2O2. The molecule has 21 heavy (non-hydrogen) atoms. The van der Waals surface area contributed by atoms with Crippen LogP contribution in [0, 0.1) is 0 Å². The number of rotatable bonds is 4. The number of carbonyl (C=O) groups excluding carboxylic acids is 1. The fourth-order valence-electron chi connectivity index (χ4n) is 2.54. The maximum absolute atomic E-state index is 12.3. The van der Waals surface area contributed by atoms with E-state index in [-0.39, 0.29) is 5.91 Å². The van der Waals surface area contributed by atoms with Crippen LogP contribution in [0.2, 0.25) is 0 Å². The number of benzene rings is 2. The zero-order valence-corrected chi connectivity index (χ0v) is 12.0. The number of carbonyl (C=O) groups is 1. The molecule has 0 aromatic heterocycles. The summed E-state index contributed by atoms with van der Waals surface area (Å²) in [6, 6.07) is 13.5. The minimum atomic E-state index is -0.0962. The number of hydrogen-bond donors (Lipinski definition) is 2. The third-order valence-electron chi connectivity index (χ3n) is 3.58. The molecule has 2 aromatic rings. The number of fused-ring (bicyclic) bond motifs is 1. The summed E-state index contributed by atoms with van der Waals surface area (Å²) in [5, 5.41) is 6.21. The van der Waals surface area contributed by atoms with Crippen molar-refractivity contribution in [3.63, 3.8) is 0 Å². The first-order valence-electron chi connectivity index (χ1n) is 7.02. The lowest BCUT2D eigenvalue weighted by molar-refractivity contribution is 0.102. The highest BCUT2D eigenvalue weighted by atomic mass is 16.5. The Hall–Kier alpha value is -2.33. The fraction of sp³-hybridized carbons (Fsp3) is 0.235. The lowest BCUT2D eigenvalue weighted by Crippen LogP contribution is -2.12. The van der Waals surface area contributed by atoms with Crippen molar-refractivity contribution in [3.05, 3.63) is 59.2 Å². The predicted molar refractivity (Wildman–Crippen MR) is 83.7 cm³/mol. The summed E-state index contributed by atoms with van der Waals surface area (Å²) in [5.41, 5.74) is 4.82. The monoisotopic (exact) mass is 282 g/mol. The van der Waals surface area contributed by atoms with Crippen molar-refractivity contribution in [1.29, 1.82) is 0 Å². The van der Waals surface area contributed by atoms with Crippen molar-refractivity contribution >= 4 is 17.3 Å². The molecule has 2 aromatic carbocycles. The Morgan fingerprint density at radius 2 is 2.19 bits per heavy atom. The van der Waals surface area contributed by atoms with Gasteiger partial charge in [0.1, 0.15) is 0 Å². The van der Waals surface area contributed by atoms with E-state index in [0.717, 1.165) is 29.9 Å². The Labute approximate surface area is 124 Å². The van der Waals surface area contributed by atoms with Crippen molar-refractivity contribution < 1.29 is 9.53 Å². The highest BCUT2D eigenvalue weighted by molar-refractivity contribution is 6.05. The number of methoxy groups -OCH3 is 1. The van der Waals surface area contributed by atoms with Gasteiger partial charge in [-0.1, -0.05) is 18.2 Å². The van der Waals surface area contributed by atoms with Gasteiger partial charge in [0.15, 0.2) is 0 Å². The first kappa shape index (κ1) is 13.6. The molecular weight excluding hydrogens is 264 g/mol. The van der Waals surface area contributed by atoms with Gasteiger partial charge >= 0.3 is 0 Å². The van der Waals surface area contributed by atoms with Crippen LogP contribution in [0.25, 0.3) is 0 Å². The smallest absolute Gasteiger partial charge is 0.255 e. The third kappa shape index (κ3) is 3.06. The van der Waals surface area contributed by atoms with Gasteiger partial charge in [0.05, 0.1) is 6.61 Å². The van der Waals surface area contributed by atoms with Gasteiger partial charge in [0, 0.05) is 30.6 Å². The van der Waals surface area contributed by atoms with E-state index in [9.17, 15) is 4.79 Å². The predicted octanol–water partition coefficient (Wildman–Crippen LogP) is 3.05. The fourth-order valence-corrected chi connectivity index (χ4v) is 2.54. The molecule has 0 atom stereocenters. The molecule has 0 unspecified atom stereocenters. The van der Waals surface area contributed by atoms with Crippen LogP contribution < -0.4 is 10.6 Å². The molecule has 0 fully saturated rings. The van der Waals surface area contributed by atoms with E-state index in [2.05, 4.69) is 10.6 Å². The molecule has 0 bridgehead atoms. The molecule has 1 aliphatic heterocycles. The van der Waals surface area contributed by atoms with E-state index < -0.39 is 0 Å². The van der Waals surface area contributed by atoms with E-state index in [1.807, 2.05) is 42.5 Å². The number of nitrogens with one attached hydrogen (secondary N) is 2. The molecule has 4 nitrogen and oxygen atoms in total. The number of hydrogen-bond acceptors (Lipinski definition) is 3. The second kappa shape index (κ2) is 5.97. The molecule has 0 saturated heterocycles. The van der Waals surface area contributed by atoms with Crippen molar-refractivity contribution in [2.24, 2.45) is 0 Å². The lowest BCUT2D eigenvalue weighted by Gasteiger charge is -2.08. The van der Waals surface area contributed by atoms with Crippen molar-refractivity contribution in [3.8, 4) is 0 Å². The van der Waals surface area contributed by atoms with Gasteiger partial charge in [-0.15, -0.1) is 0 Å². The molecule has 2 N–H and O–H groups in total. The highest BCUT2D eigenvalue weighted by Gasteiger charge is 2.13. The average molecular weight is 282 g/mol. The summed E-state index contributed by atoms with van der Waals surface area (Å²) in [4.78, 5) is 12.3. The molecule has 1 aliphatic rings. The van der Waals surface area contributed by atoms with Gasteiger partial charge in [-0.2, -0.15) is 0 Å². The topological polar surface area (TPSA) is 50.4 Å². The molecule has 0 aliphatic carbocycles. The first-order valence-corrected chi connectivity index (χ1v) is 7.02. The molecule has 1 amide bonds. The Balaban J connectivity index is 1.75. The van der Waals surface area contributed by atoms with Crippen LogP contribution in [0.3, 0.4) is 0 Å². The Bertz CT molecular complexity index is 668. The number of ether oxygens (including phenoxy) is 1. The number of anilines is 2. The summed E-state index contributed by atoms with van der Waals surface area (Å²) < 4.78 is 5.10. The van der Waals surface area contributed by atoms with E-state index in [0.29, 0.717) is 12.2 Å². The van der Waals surface area contributed by atoms with E-state index in [4.69, 9.17) is 4.74 Å². The van der Waals surface area contributed by atoms with Crippen LogP contribution in [0.15, 0.2) is 42.5 Å². The van der Waals surface area contributed by atoms with Gasteiger partial charge in [0.2, 0.25) is 0 Å². The van der Waals surface area contributed by atoms with Gasteiger partial charge in [-0.3, -0.25) is 4.79 Å². The second-order valence-electron chi connectivity index (χ2n) is 5.14. The molecule has 108 valence electrons. The minimum absolute atomic E-state index is 0.0962. The Morgan fingerprint density at radius 3 is 3.05 bits per heavy atom. The quantitative estimate of drug-likeness (QED) is 0.906. The second-order valence-corrected chi connectivity index (χ2v) is 5.14. The van der Waals surface area contributed by atoms with Crippen LogP contribution >= 0.6 is 0 Å². The van der Waals surface area contributed by atoms with Gasteiger partial charge in [-0.25, -0.2) is 0 Å². The average Bonchev–Trinajstić information content (AvgIpc) is 2.95. The van der Waals surface area contributed by atoms with Gasteiger partial charge < -0.3 is 15.4 Å². The third-order valence-corrected chi connectivity index (χ3v) is 3.58. The lowest BCUT2D eigenvalue weighted by atomic mass is 10.1. The summed E-state index contributed by atoms with van der Waals surface area (Å²) in [6.07, 6.45) is 1.02. The van der Waals surface area contributed by atoms with Crippen molar-refractivity contribution in [2.75, 3.05) is 24.3 Å². The standard InChI is InChI=1S/C17H18N2O2/c1-21-11-12-3-2-4-15(9-12)19-17(20)14-6-5-13-7-8-18-16(13)10-14/h2-6,9-10,18H,7-8,11H2,1H3,(H,19,20). The minimum Gasteiger partial charge on any atom is -0.384 e. The van der Waals surface area contributed by atoms with E-state index in [1.165, 1.54) is 5.56 Å². The van der Waals surface area contributed by atoms with Crippen LogP contribution in [-0.4, -0.2) is 19.6 Å². The van der Waals surface area contributed by atoms with Crippen molar-refractivity contribution in [1.82, 2.24) is 0 Å². The van der Waals surface area contributed by atoms with Gasteiger partial charge in [-0.05, 0) is 41.8 Å². The SMILES string of the molecule is COCc1cccc(NC(=O)c2ccc3c(c2)NCC3)c1. The largest absolute Gasteiger partial charge is 0.384 e. The first-order chi connectivity index (χ1) is 10.3. The summed E-state index contributed by atoms with van der Waals surface area (Å²) in [6.45, 7) is 1.48.